The summed E-state index contributed by atoms with van der Waals surface area (Å²) in [5.41, 5.74) is 2.42. The molecule has 1 aromatic heterocycles. The molecule has 0 radical (unpaired) electrons. The second kappa shape index (κ2) is 5.72. The van der Waals surface area contributed by atoms with Crippen molar-refractivity contribution in [3.63, 3.8) is 0 Å². The minimum absolute atomic E-state index is 0.0337. The zero-order valence-corrected chi connectivity index (χ0v) is 15.1. The number of fused-ring (bicyclic) bond motifs is 4. The SMILES string of the molecule is CC1CC(F)(F)c2cc(F)c(COc3cc4c(cn3)[C@H]3[C@@H](C4)[C@@H]3C(=O)O)cc21. The molecule has 1 aromatic carbocycles. The van der Waals surface area contributed by atoms with E-state index in [0.717, 1.165) is 17.2 Å². The van der Waals surface area contributed by atoms with Gasteiger partial charge in [-0.25, -0.2) is 18.2 Å². The van der Waals surface area contributed by atoms with Crippen LogP contribution in [0.25, 0.3) is 0 Å². The summed E-state index contributed by atoms with van der Waals surface area (Å²) in [6.07, 6.45) is 2.01. The first-order valence-electron chi connectivity index (χ1n) is 9.31. The van der Waals surface area contributed by atoms with Gasteiger partial charge in [-0.3, -0.25) is 4.79 Å². The van der Waals surface area contributed by atoms with Gasteiger partial charge < -0.3 is 9.84 Å². The Labute approximate surface area is 159 Å². The number of hydrogen-bond donors (Lipinski definition) is 1. The number of carboxylic acid groups (broad SMARTS) is 1. The van der Waals surface area contributed by atoms with Gasteiger partial charge in [0.15, 0.2) is 0 Å². The third kappa shape index (κ3) is 2.52. The molecule has 2 aromatic rings. The van der Waals surface area contributed by atoms with E-state index in [0.29, 0.717) is 17.9 Å². The molecule has 7 heteroatoms. The lowest BCUT2D eigenvalue weighted by atomic mass is 10.0. The van der Waals surface area contributed by atoms with E-state index in [1.54, 1.807) is 19.2 Å². The van der Waals surface area contributed by atoms with Crippen LogP contribution in [-0.4, -0.2) is 16.1 Å². The van der Waals surface area contributed by atoms with E-state index in [1.807, 2.05) is 0 Å². The second-order valence-corrected chi connectivity index (χ2v) is 8.11. The highest BCUT2D eigenvalue weighted by atomic mass is 19.3. The molecule has 5 rings (SSSR count). The molecule has 0 spiro atoms. The first-order chi connectivity index (χ1) is 13.3. The lowest BCUT2D eigenvalue weighted by Gasteiger charge is -2.13. The largest absolute Gasteiger partial charge is 0.481 e. The average molecular weight is 389 g/mol. The molecule has 4 atom stereocenters. The third-order valence-electron chi connectivity index (χ3n) is 6.35. The van der Waals surface area contributed by atoms with Gasteiger partial charge >= 0.3 is 5.97 Å². The monoisotopic (exact) mass is 389 g/mol. The zero-order valence-electron chi connectivity index (χ0n) is 15.1. The van der Waals surface area contributed by atoms with Gasteiger partial charge in [0.25, 0.3) is 5.92 Å². The van der Waals surface area contributed by atoms with Crippen molar-refractivity contribution in [1.29, 1.82) is 0 Å². The van der Waals surface area contributed by atoms with Crippen LogP contribution in [0.3, 0.4) is 0 Å². The van der Waals surface area contributed by atoms with Crippen molar-refractivity contribution in [3.05, 3.63) is 58.0 Å². The molecule has 3 aliphatic carbocycles. The van der Waals surface area contributed by atoms with Gasteiger partial charge in [0.1, 0.15) is 12.4 Å². The number of benzene rings is 1. The molecule has 28 heavy (non-hydrogen) atoms. The van der Waals surface area contributed by atoms with E-state index < -0.39 is 17.7 Å². The normalized spacial score (nSPS) is 28.4. The van der Waals surface area contributed by atoms with Crippen LogP contribution < -0.4 is 4.74 Å². The fourth-order valence-electron chi connectivity index (χ4n) is 4.91. The van der Waals surface area contributed by atoms with Crippen molar-refractivity contribution in [2.24, 2.45) is 11.8 Å². The lowest BCUT2D eigenvalue weighted by molar-refractivity contribution is -0.139. The topological polar surface area (TPSA) is 59.4 Å². The van der Waals surface area contributed by atoms with E-state index >= 15 is 0 Å². The van der Waals surface area contributed by atoms with Gasteiger partial charge in [-0.1, -0.05) is 6.92 Å². The van der Waals surface area contributed by atoms with Crippen LogP contribution in [0.4, 0.5) is 13.2 Å². The van der Waals surface area contributed by atoms with E-state index in [2.05, 4.69) is 4.98 Å². The highest BCUT2D eigenvalue weighted by Crippen LogP contribution is 2.61. The maximum Gasteiger partial charge on any atom is 0.307 e. The summed E-state index contributed by atoms with van der Waals surface area (Å²) in [6.45, 7) is 1.61. The Morgan fingerprint density at radius 2 is 2.11 bits per heavy atom. The Morgan fingerprint density at radius 3 is 2.86 bits per heavy atom. The Morgan fingerprint density at radius 1 is 1.32 bits per heavy atom. The number of pyridine rings is 1. The van der Waals surface area contributed by atoms with Crippen LogP contribution in [-0.2, 0) is 23.7 Å². The Hall–Kier alpha value is -2.57. The minimum Gasteiger partial charge on any atom is -0.481 e. The summed E-state index contributed by atoms with van der Waals surface area (Å²) in [7, 11) is 0. The van der Waals surface area contributed by atoms with Crippen LogP contribution >= 0.6 is 0 Å². The van der Waals surface area contributed by atoms with E-state index in [9.17, 15) is 18.0 Å². The molecule has 4 nitrogen and oxygen atoms in total. The fraction of sp³-hybridized carbons (Fsp3) is 0.429. The van der Waals surface area contributed by atoms with Crippen LogP contribution in [0, 0.1) is 17.7 Å². The number of carboxylic acids is 1. The first-order valence-corrected chi connectivity index (χ1v) is 9.31. The van der Waals surface area contributed by atoms with Crippen molar-refractivity contribution in [2.45, 2.75) is 44.1 Å². The molecule has 0 bridgehead atoms. The minimum atomic E-state index is -2.99. The number of aromatic nitrogens is 1. The Kier molecular flexibility index (Phi) is 3.58. The van der Waals surface area contributed by atoms with Crippen LogP contribution in [0.5, 0.6) is 5.88 Å². The molecular formula is C21H18F3NO3. The summed E-state index contributed by atoms with van der Waals surface area (Å²) >= 11 is 0. The van der Waals surface area contributed by atoms with E-state index in [4.69, 9.17) is 9.84 Å². The zero-order chi connectivity index (χ0) is 19.8. The Bertz CT molecular complexity index is 1010. The first kappa shape index (κ1) is 17.5. The number of alkyl halides is 2. The number of hydrogen-bond acceptors (Lipinski definition) is 3. The lowest BCUT2D eigenvalue weighted by Crippen LogP contribution is -2.09. The number of rotatable bonds is 4. The number of halogens is 3. The van der Waals surface area contributed by atoms with Crippen molar-refractivity contribution in [2.75, 3.05) is 0 Å². The third-order valence-corrected chi connectivity index (χ3v) is 6.35. The number of carbonyl (C=O) groups is 1. The molecule has 1 saturated carbocycles. The number of ether oxygens (including phenoxy) is 1. The maximum absolute atomic E-state index is 14.3. The van der Waals surface area contributed by atoms with Crippen LogP contribution in [0.1, 0.15) is 53.0 Å². The quantitative estimate of drug-likeness (QED) is 0.844. The molecule has 0 aliphatic heterocycles. The summed E-state index contributed by atoms with van der Waals surface area (Å²) in [4.78, 5) is 15.4. The standard InChI is InChI=1S/C21H18F3NO3/c1-9-6-21(23,24)15-5-16(22)11(3-12(9)15)8-28-17-4-10-2-13-18(14(10)7-25-17)19(13)20(26)27/h3-5,7,9,13,18-19H,2,6,8H2,1H3,(H,26,27)/t9?,13-,18-,19+/m1/s1. The molecule has 1 unspecified atom stereocenters. The van der Waals surface area contributed by atoms with Crippen LogP contribution in [0.15, 0.2) is 24.4 Å². The van der Waals surface area contributed by atoms with E-state index in [-0.39, 0.29) is 47.8 Å². The Balaban J connectivity index is 1.33. The molecule has 146 valence electrons. The van der Waals surface area contributed by atoms with Gasteiger partial charge in [0.05, 0.1) is 5.92 Å². The highest BCUT2D eigenvalue weighted by Gasteiger charge is 2.59. The molecule has 1 fully saturated rings. The van der Waals surface area contributed by atoms with Crippen molar-refractivity contribution >= 4 is 5.97 Å². The average Bonchev–Trinajstić information content (AvgIpc) is 3.15. The maximum atomic E-state index is 14.3. The predicted octanol–water partition coefficient (Wildman–Crippen LogP) is 4.37. The molecule has 1 heterocycles. The molecular weight excluding hydrogens is 371 g/mol. The van der Waals surface area contributed by atoms with Crippen molar-refractivity contribution in [1.82, 2.24) is 4.98 Å². The number of nitrogens with zero attached hydrogens (tertiary/aromatic N) is 1. The van der Waals surface area contributed by atoms with Gasteiger partial charge in [-0.05, 0) is 47.1 Å². The summed E-state index contributed by atoms with van der Waals surface area (Å²) in [5, 5.41) is 9.17. The summed E-state index contributed by atoms with van der Waals surface area (Å²) in [5.74, 6) is -4.64. The molecule has 3 aliphatic rings. The summed E-state index contributed by atoms with van der Waals surface area (Å²) in [6, 6.07) is 4.16. The number of aliphatic carboxylic acids is 1. The molecule has 0 amide bonds. The molecule has 0 saturated heterocycles. The van der Waals surface area contributed by atoms with Gasteiger partial charge in [0.2, 0.25) is 5.88 Å². The predicted molar refractivity (Wildman–Crippen MR) is 93.0 cm³/mol. The highest BCUT2D eigenvalue weighted by molar-refractivity contribution is 5.77. The van der Waals surface area contributed by atoms with Crippen LogP contribution in [0.2, 0.25) is 0 Å². The smallest absolute Gasteiger partial charge is 0.307 e. The van der Waals surface area contributed by atoms with Gasteiger partial charge in [0, 0.05) is 35.7 Å². The second-order valence-electron chi connectivity index (χ2n) is 8.11. The molecule has 1 N–H and O–H groups in total. The van der Waals surface area contributed by atoms with Gasteiger partial charge in [-0.15, -0.1) is 0 Å². The van der Waals surface area contributed by atoms with Crippen molar-refractivity contribution in [3.8, 4) is 5.88 Å². The summed E-state index contributed by atoms with van der Waals surface area (Å²) < 4.78 is 47.8. The van der Waals surface area contributed by atoms with Gasteiger partial charge in [-0.2, -0.15) is 0 Å². The van der Waals surface area contributed by atoms with Crippen molar-refractivity contribution < 1.29 is 27.8 Å². The van der Waals surface area contributed by atoms with E-state index in [1.165, 1.54) is 6.07 Å². The fourth-order valence-corrected chi connectivity index (χ4v) is 4.91.